The van der Waals surface area contributed by atoms with Gasteiger partial charge in [-0.05, 0) is 79.3 Å². The van der Waals surface area contributed by atoms with Crippen molar-refractivity contribution in [1.29, 1.82) is 0 Å². The molecule has 0 amide bonds. The number of hydrogen-bond acceptors (Lipinski definition) is 4. The molecule has 0 radical (unpaired) electrons. The molecule has 1 fully saturated rings. The highest BCUT2D eigenvalue weighted by Crippen LogP contribution is 2.40. The summed E-state index contributed by atoms with van der Waals surface area (Å²) < 4.78 is 19.7. The van der Waals surface area contributed by atoms with E-state index in [1.165, 1.54) is 12.1 Å². The van der Waals surface area contributed by atoms with Gasteiger partial charge in [-0.25, -0.2) is 4.39 Å². The number of thiocarbonyl (C=S) groups is 1. The van der Waals surface area contributed by atoms with E-state index in [4.69, 9.17) is 16.6 Å². The van der Waals surface area contributed by atoms with Crippen molar-refractivity contribution in [3.05, 3.63) is 108 Å². The van der Waals surface area contributed by atoms with Crippen LogP contribution in [0.5, 0.6) is 0 Å². The third-order valence-electron chi connectivity index (χ3n) is 5.92. The number of rotatable bonds is 8. The Bertz CT molecular complexity index is 1230. The van der Waals surface area contributed by atoms with E-state index in [1.807, 2.05) is 48.5 Å². The van der Waals surface area contributed by atoms with Crippen molar-refractivity contribution in [2.75, 3.05) is 18.4 Å². The summed E-state index contributed by atoms with van der Waals surface area (Å²) in [4.78, 5) is 6.75. The highest BCUT2D eigenvalue weighted by atomic mass is 32.1. The lowest BCUT2D eigenvalue weighted by Crippen LogP contribution is -2.31. The molecule has 1 aliphatic heterocycles. The number of nitrogens with one attached hydrogen (secondary N) is 2. The number of hydrogen-bond donors (Lipinski definition) is 2. The van der Waals surface area contributed by atoms with E-state index in [2.05, 4.69) is 32.7 Å². The standard InChI is InChI=1S/C27H25FN4OS/c28-20-12-10-19(11-13-20)23-14-15-24(33-23)26-25(22-9-4-5-16-30-22)31-27(34)32(26)18-6-17-29-21-7-2-1-3-8-21/h1-5,7-16,25-26,29H,6,17-18H2,(H,31,34). The topological polar surface area (TPSA) is 53.3 Å². The van der Waals surface area contributed by atoms with Crippen molar-refractivity contribution in [3.8, 4) is 11.3 Å². The van der Waals surface area contributed by atoms with Crippen LogP contribution in [0.4, 0.5) is 10.1 Å². The molecule has 5 nitrogen and oxygen atoms in total. The molecule has 2 aromatic carbocycles. The van der Waals surface area contributed by atoms with Gasteiger partial charge in [-0.1, -0.05) is 24.3 Å². The molecule has 1 aliphatic rings. The van der Waals surface area contributed by atoms with Gasteiger partial charge in [-0.2, -0.15) is 0 Å². The zero-order valence-electron chi connectivity index (χ0n) is 18.5. The molecule has 5 rings (SSSR count). The van der Waals surface area contributed by atoms with Crippen LogP contribution >= 0.6 is 12.2 Å². The maximum absolute atomic E-state index is 13.4. The molecular weight excluding hydrogens is 447 g/mol. The first-order valence-corrected chi connectivity index (χ1v) is 11.7. The number of nitrogens with zero attached hydrogens (tertiary/aromatic N) is 2. The van der Waals surface area contributed by atoms with Gasteiger partial charge in [0.2, 0.25) is 0 Å². The van der Waals surface area contributed by atoms with Crippen LogP contribution in [0.3, 0.4) is 0 Å². The average Bonchev–Trinajstić information content (AvgIpc) is 3.48. The van der Waals surface area contributed by atoms with Crippen molar-refractivity contribution in [2.24, 2.45) is 0 Å². The lowest BCUT2D eigenvalue weighted by atomic mass is 10.0. The van der Waals surface area contributed by atoms with Gasteiger partial charge in [-0.15, -0.1) is 0 Å². The second kappa shape index (κ2) is 10.1. The Morgan fingerprint density at radius 3 is 2.53 bits per heavy atom. The van der Waals surface area contributed by atoms with E-state index in [0.717, 1.165) is 42.2 Å². The van der Waals surface area contributed by atoms with Crippen LogP contribution in [0.1, 0.15) is 30.0 Å². The van der Waals surface area contributed by atoms with E-state index in [1.54, 1.807) is 18.3 Å². The Morgan fingerprint density at radius 2 is 1.76 bits per heavy atom. The Labute approximate surface area is 203 Å². The minimum absolute atomic E-state index is 0.136. The molecule has 172 valence electrons. The second-order valence-corrected chi connectivity index (χ2v) is 8.56. The fourth-order valence-electron chi connectivity index (χ4n) is 4.27. The van der Waals surface area contributed by atoms with Gasteiger partial charge in [0.1, 0.15) is 23.4 Å². The van der Waals surface area contributed by atoms with Gasteiger partial charge < -0.3 is 20.0 Å². The molecule has 3 heterocycles. The van der Waals surface area contributed by atoms with Gasteiger partial charge in [-0.3, -0.25) is 4.98 Å². The minimum atomic E-state index is -0.272. The molecule has 2 unspecified atom stereocenters. The first-order valence-electron chi connectivity index (χ1n) is 11.3. The molecule has 0 aliphatic carbocycles. The second-order valence-electron chi connectivity index (χ2n) is 8.18. The monoisotopic (exact) mass is 472 g/mol. The third-order valence-corrected chi connectivity index (χ3v) is 6.28. The molecule has 34 heavy (non-hydrogen) atoms. The molecule has 2 atom stereocenters. The smallest absolute Gasteiger partial charge is 0.170 e. The summed E-state index contributed by atoms with van der Waals surface area (Å²) in [6.45, 7) is 1.58. The highest BCUT2D eigenvalue weighted by Gasteiger charge is 2.41. The van der Waals surface area contributed by atoms with Gasteiger partial charge in [0.05, 0.1) is 11.7 Å². The molecule has 0 saturated carbocycles. The lowest BCUT2D eigenvalue weighted by Gasteiger charge is -2.26. The van der Waals surface area contributed by atoms with Crippen molar-refractivity contribution in [2.45, 2.75) is 18.5 Å². The SMILES string of the molecule is Fc1ccc(-c2ccc(C3C(c4ccccn4)NC(=S)N3CCCNc3ccccc3)o2)cc1. The summed E-state index contributed by atoms with van der Waals surface area (Å²) in [7, 11) is 0. The Kier molecular flexibility index (Phi) is 6.53. The van der Waals surface area contributed by atoms with Crippen LogP contribution in [0, 0.1) is 5.82 Å². The normalized spacial score (nSPS) is 17.6. The summed E-state index contributed by atoms with van der Waals surface area (Å²) in [6, 6.07) is 26.0. The van der Waals surface area contributed by atoms with Crippen LogP contribution < -0.4 is 10.6 Å². The molecule has 0 spiro atoms. The molecule has 4 aromatic rings. The minimum Gasteiger partial charge on any atom is -0.459 e. The molecule has 7 heteroatoms. The summed E-state index contributed by atoms with van der Waals surface area (Å²) in [5.74, 6) is 1.21. The van der Waals surface area contributed by atoms with Crippen molar-refractivity contribution < 1.29 is 8.81 Å². The number of para-hydroxylation sites is 1. The zero-order valence-corrected chi connectivity index (χ0v) is 19.3. The number of furan rings is 1. The van der Waals surface area contributed by atoms with Crippen molar-refractivity contribution >= 4 is 23.0 Å². The van der Waals surface area contributed by atoms with Gasteiger partial charge in [0.15, 0.2) is 5.11 Å². The van der Waals surface area contributed by atoms with E-state index in [0.29, 0.717) is 10.9 Å². The number of pyridine rings is 1. The Morgan fingerprint density at radius 1 is 0.971 bits per heavy atom. The summed E-state index contributed by atoms with van der Waals surface area (Å²) in [6.07, 6.45) is 2.68. The van der Waals surface area contributed by atoms with Crippen LogP contribution in [0.15, 0.2) is 95.5 Å². The molecule has 1 saturated heterocycles. The largest absolute Gasteiger partial charge is 0.459 e. The van der Waals surface area contributed by atoms with Crippen LogP contribution in [0.25, 0.3) is 11.3 Å². The maximum atomic E-state index is 13.4. The predicted molar refractivity (Wildman–Crippen MR) is 136 cm³/mol. The van der Waals surface area contributed by atoms with Crippen molar-refractivity contribution in [3.63, 3.8) is 0 Å². The zero-order chi connectivity index (χ0) is 23.3. The first kappa shape index (κ1) is 22.1. The highest BCUT2D eigenvalue weighted by molar-refractivity contribution is 7.80. The lowest BCUT2D eigenvalue weighted by molar-refractivity contribution is 0.274. The summed E-state index contributed by atoms with van der Waals surface area (Å²) >= 11 is 5.74. The molecule has 2 N–H and O–H groups in total. The van der Waals surface area contributed by atoms with Gasteiger partial charge in [0, 0.05) is 30.5 Å². The number of anilines is 1. The third kappa shape index (κ3) is 4.79. The number of aromatic nitrogens is 1. The quantitative estimate of drug-likeness (QED) is 0.244. The average molecular weight is 473 g/mol. The van der Waals surface area contributed by atoms with Crippen LogP contribution in [0.2, 0.25) is 0 Å². The van der Waals surface area contributed by atoms with Crippen LogP contribution in [-0.2, 0) is 0 Å². The molecular formula is C27H25FN4OS. The Hall–Kier alpha value is -3.71. The van der Waals surface area contributed by atoms with Gasteiger partial charge >= 0.3 is 0 Å². The fourth-order valence-corrected chi connectivity index (χ4v) is 4.61. The molecule has 0 bridgehead atoms. The van der Waals surface area contributed by atoms with E-state index < -0.39 is 0 Å². The van der Waals surface area contributed by atoms with E-state index in [-0.39, 0.29) is 17.9 Å². The number of halogens is 1. The van der Waals surface area contributed by atoms with Crippen LogP contribution in [-0.4, -0.2) is 28.1 Å². The van der Waals surface area contributed by atoms with Crippen molar-refractivity contribution in [1.82, 2.24) is 15.2 Å². The fraction of sp³-hybridized carbons (Fsp3) is 0.185. The summed E-state index contributed by atoms with van der Waals surface area (Å²) in [5.41, 5.74) is 2.83. The predicted octanol–water partition coefficient (Wildman–Crippen LogP) is 5.96. The summed E-state index contributed by atoms with van der Waals surface area (Å²) in [5, 5.41) is 7.58. The van der Waals surface area contributed by atoms with E-state index in [9.17, 15) is 4.39 Å². The maximum Gasteiger partial charge on any atom is 0.170 e. The molecule has 2 aromatic heterocycles. The number of benzene rings is 2. The first-order chi connectivity index (χ1) is 16.7. The van der Waals surface area contributed by atoms with E-state index >= 15 is 0 Å². The Balaban J connectivity index is 1.37. The van der Waals surface area contributed by atoms with Gasteiger partial charge in [0.25, 0.3) is 0 Å².